The lowest BCUT2D eigenvalue weighted by atomic mass is 10.1. The Labute approximate surface area is 158 Å². The third-order valence-corrected chi connectivity index (χ3v) is 5.50. The molecule has 1 saturated heterocycles. The van der Waals surface area contributed by atoms with Crippen LogP contribution in [0.1, 0.15) is 36.0 Å². The maximum atomic E-state index is 12.1. The number of fused-ring (bicyclic) bond motifs is 1. The van der Waals surface area contributed by atoms with Crippen molar-refractivity contribution in [1.29, 1.82) is 0 Å². The minimum Gasteiger partial charge on any atom is -0.396 e. The summed E-state index contributed by atoms with van der Waals surface area (Å²) in [5.41, 5.74) is 1.23. The molecule has 0 aliphatic carbocycles. The van der Waals surface area contributed by atoms with Crippen LogP contribution in [0.2, 0.25) is 0 Å². The fourth-order valence-electron chi connectivity index (χ4n) is 4.09. The summed E-state index contributed by atoms with van der Waals surface area (Å²) in [6, 6.07) is 4.09. The van der Waals surface area contributed by atoms with Gasteiger partial charge in [-0.2, -0.15) is 0 Å². The van der Waals surface area contributed by atoms with Crippen molar-refractivity contribution in [2.75, 3.05) is 32.8 Å². The second-order valence-corrected chi connectivity index (χ2v) is 7.31. The van der Waals surface area contributed by atoms with E-state index in [0.717, 1.165) is 50.7 Å². The first kappa shape index (κ1) is 18.1. The second-order valence-electron chi connectivity index (χ2n) is 7.31. The second kappa shape index (κ2) is 8.14. The first-order valence-electron chi connectivity index (χ1n) is 9.66. The van der Waals surface area contributed by atoms with Gasteiger partial charge in [0.25, 0.3) is 0 Å². The van der Waals surface area contributed by atoms with Gasteiger partial charge in [-0.3, -0.25) is 14.7 Å². The molecule has 0 saturated carbocycles. The molecule has 1 amide bonds. The first-order chi connectivity index (χ1) is 13.2. The molecular formula is C19H26N6O2. The van der Waals surface area contributed by atoms with Crippen LogP contribution in [0.15, 0.2) is 24.5 Å². The van der Waals surface area contributed by atoms with Gasteiger partial charge < -0.3 is 14.6 Å². The summed E-state index contributed by atoms with van der Waals surface area (Å²) >= 11 is 0. The number of carbonyl (C=O) groups excluding carboxylic acids is 1. The van der Waals surface area contributed by atoms with Gasteiger partial charge in [0.15, 0.2) is 0 Å². The molecule has 1 atom stereocenters. The molecule has 4 rings (SSSR count). The topological polar surface area (TPSA) is 87.4 Å². The van der Waals surface area contributed by atoms with Gasteiger partial charge in [0.1, 0.15) is 11.6 Å². The average molecular weight is 370 g/mol. The van der Waals surface area contributed by atoms with Crippen LogP contribution in [-0.4, -0.2) is 73.3 Å². The average Bonchev–Trinajstić information content (AvgIpc) is 3.24. The quantitative estimate of drug-likeness (QED) is 0.821. The summed E-state index contributed by atoms with van der Waals surface area (Å²) in [7, 11) is 0. The predicted octanol–water partition coefficient (Wildman–Crippen LogP) is 0.430. The lowest BCUT2D eigenvalue weighted by Crippen LogP contribution is -2.34. The van der Waals surface area contributed by atoms with Crippen molar-refractivity contribution in [3.63, 3.8) is 0 Å². The van der Waals surface area contributed by atoms with Crippen LogP contribution >= 0.6 is 0 Å². The monoisotopic (exact) mass is 370 g/mol. The van der Waals surface area contributed by atoms with Crippen molar-refractivity contribution < 1.29 is 9.90 Å². The number of aliphatic hydroxyl groups excluding tert-OH is 1. The van der Waals surface area contributed by atoms with E-state index in [9.17, 15) is 4.79 Å². The lowest BCUT2D eigenvalue weighted by Gasteiger charge is -2.20. The highest BCUT2D eigenvalue weighted by Gasteiger charge is 2.30. The molecular weight excluding hydrogens is 344 g/mol. The van der Waals surface area contributed by atoms with E-state index in [0.29, 0.717) is 19.0 Å². The summed E-state index contributed by atoms with van der Waals surface area (Å²) in [6.07, 6.45) is 5.71. The smallest absolute Gasteiger partial charge is 0.224 e. The van der Waals surface area contributed by atoms with E-state index in [-0.39, 0.29) is 18.9 Å². The first-order valence-corrected chi connectivity index (χ1v) is 9.66. The van der Waals surface area contributed by atoms with Crippen molar-refractivity contribution in [3.05, 3.63) is 41.7 Å². The minimum absolute atomic E-state index is 0.0151. The Bertz CT molecular complexity index is 778. The van der Waals surface area contributed by atoms with Crippen LogP contribution < -0.4 is 0 Å². The fraction of sp³-hybridized carbons (Fsp3) is 0.579. The molecule has 144 valence electrons. The zero-order chi connectivity index (χ0) is 18.6. The number of pyridine rings is 1. The predicted molar refractivity (Wildman–Crippen MR) is 98.9 cm³/mol. The molecule has 1 fully saturated rings. The summed E-state index contributed by atoms with van der Waals surface area (Å²) in [5.74, 6) is 2.41. The van der Waals surface area contributed by atoms with Gasteiger partial charge in [-0.25, -0.2) is 0 Å². The highest BCUT2D eigenvalue weighted by atomic mass is 16.3. The van der Waals surface area contributed by atoms with Gasteiger partial charge in [-0.05, 0) is 24.6 Å². The number of hydrogen-bond donors (Lipinski definition) is 1. The highest BCUT2D eigenvalue weighted by Crippen LogP contribution is 2.28. The van der Waals surface area contributed by atoms with Gasteiger partial charge in [0.2, 0.25) is 5.91 Å². The number of likely N-dealkylation sites (tertiary alicyclic amines) is 1. The zero-order valence-electron chi connectivity index (χ0n) is 15.5. The Hall–Kier alpha value is -2.32. The molecule has 0 bridgehead atoms. The van der Waals surface area contributed by atoms with Crippen molar-refractivity contribution in [1.82, 2.24) is 29.5 Å². The molecule has 0 radical (unpaired) electrons. The normalized spacial score (nSPS) is 20.5. The highest BCUT2D eigenvalue weighted by molar-refractivity contribution is 5.76. The summed E-state index contributed by atoms with van der Waals surface area (Å²) in [5, 5.41) is 17.9. The standard InChI is InChI=1S/C19H26N6O2/c26-11-5-18(27)24-8-4-17-21-22-19(25(17)10-9-24)16-3-7-23(14-16)13-15-2-1-6-20-12-15/h1-2,6,12,16,26H,3-5,7-11,13-14H2. The fourth-order valence-corrected chi connectivity index (χ4v) is 4.09. The van der Waals surface area contributed by atoms with Crippen LogP contribution in [0.3, 0.4) is 0 Å². The molecule has 1 unspecified atom stereocenters. The lowest BCUT2D eigenvalue weighted by molar-refractivity contribution is -0.131. The molecule has 27 heavy (non-hydrogen) atoms. The third-order valence-electron chi connectivity index (χ3n) is 5.50. The van der Waals surface area contributed by atoms with Crippen LogP contribution in [0.4, 0.5) is 0 Å². The van der Waals surface area contributed by atoms with Crippen molar-refractivity contribution in [3.8, 4) is 0 Å². The van der Waals surface area contributed by atoms with E-state index >= 15 is 0 Å². The maximum Gasteiger partial charge on any atom is 0.224 e. The van der Waals surface area contributed by atoms with Crippen LogP contribution in [0.25, 0.3) is 0 Å². The van der Waals surface area contributed by atoms with E-state index in [1.54, 1.807) is 6.20 Å². The Balaban J connectivity index is 1.41. The van der Waals surface area contributed by atoms with Gasteiger partial charge in [0.05, 0.1) is 6.61 Å². The Morgan fingerprint density at radius 2 is 2.15 bits per heavy atom. The zero-order valence-corrected chi connectivity index (χ0v) is 15.5. The molecule has 2 aromatic heterocycles. The number of rotatable bonds is 5. The Morgan fingerprint density at radius 3 is 2.96 bits per heavy atom. The summed E-state index contributed by atoms with van der Waals surface area (Å²) in [4.78, 5) is 20.6. The van der Waals surface area contributed by atoms with Crippen molar-refractivity contribution in [2.24, 2.45) is 0 Å². The molecule has 8 nitrogen and oxygen atoms in total. The van der Waals surface area contributed by atoms with Crippen LogP contribution in [0, 0.1) is 0 Å². The largest absolute Gasteiger partial charge is 0.396 e. The molecule has 0 aromatic carbocycles. The van der Waals surface area contributed by atoms with E-state index in [1.165, 1.54) is 5.56 Å². The summed E-state index contributed by atoms with van der Waals surface area (Å²) < 4.78 is 2.21. The number of carbonyl (C=O) groups is 1. The number of amides is 1. The molecule has 2 aliphatic heterocycles. The molecule has 1 N–H and O–H groups in total. The van der Waals surface area contributed by atoms with Gasteiger partial charge in [0, 0.05) is 63.9 Å². The van der Waals surface area contributed by atoms with Gasteiger partial charge in [-0.15, -0.1) is 10.2 Å². The Kier molecular flexibility index (Phi) is 5.45. The number of hydrogen-bond acceptors (Lipinski definition) is 6. The summed E-state index contributed by atoms with van der Waals surface area (Å²) in [6.45, 7) is 4.87. The molecule has 2 aliphatic rings. The molecule has 8 heteroatoms. The van der Waals surface area contributed by atoms with Gasteiger partial charge in [-0.1, -0.05) is 6.07 Å². The molecule has 0 spiro atoms. The number of aliphatic hydroxyl groups is 1. The van der Waals surface area contributed by atoms with E-state index in [2.05, 4.69) is 30.7 Å². The SMILES string of the molecule is O=C(CCO)N1CCc2nnc(C3CCN(Cc4cccnc4)C3)n2CC1. The third kappa shape index (κ3) is 4.01. The van der Waals surface area contributed by atoms with Gasteiger partial charge >= 0.3 is 0 Å². The van der Waals surface area contributed by atoms with E-state index < -0.39 is 0 Å². The van der Waals surface area contributed by atoms with Crippen molar-refractivity contribution in [2.45, 2.75) is 38.3 Å². The van der Waals surface area contributed by atoms with Crippen LogP contribution in [0.5, 0.6) is 0 Å². The maximum absolute atomic E-state index is 12.1. The van der Waals surface area contributed by atoms with Crippen LogP contribution in [-0.2, 0) is 24.3 Å². The number of aromatic nitrogens is 4. The number of nitrogens with zero attached hydrogens (tertiary/aromatic N) is 6. The van der Waals surface area contributed by atoms with E-state index in [1.807, 2.05) is 17.2 Å². The van der Waals surface area contributed by atoms with E-state index in [4.69, 9.17) is 5.11 Å². The minimum atomic E-state index is -0.0957. The molecule has 2 aromatic rings. The Morgan fingerprint density at radius 1 is 1.22 bits per heavy atom. The molecule has 4 heterocycles. The van der Waals surface area contributed by atoms with Crippen molar-refractivity contribution >= 4 is 5.91 Å².